The molecule has 8 N–H and O–H groups in total. The summed E-state index contributed by atoms with van der Waals surface area (Å²) < 4.78 is 0. The molecule has 3 rings (SSSR count). The molecule has 0 bridgehead atoms. The van der Waals surface area contributed by atoms with Crippen LogP contribution in [-0.4, -0.2) is 81.8 Å². The molecule has 14 heteroatoms. The van der Waals surface area contributed by atoms with Crippen LogP contribution in [0.1, 0.15) is 96.6 Å². The lowest BCUT2D eigenvalue weighted by Gasteiger charge is -2.32. The van der Waals surface area contributed by atoms with Crippen LogP contribution in [0.5, 0.6) is 0 Å². The molecule has 2 aromatic carbocycles. The van der Waals surface area contributed by atoms with Gasteiger partial charge in [-0.05, 0) is 106 Å². The van der Waals surface area contributed by atoms with Gasteiger partial charge in [-0.3, -0.25) is 14.4 Å². The van der Waals surface area contributed by atoms with Crippen LogP contribution in [0.4, 0.5) is 4.79 Å². The zero-order valence-electron chi connectivity index (χ0n) is 29.7. The fourth-order valence-electron chi connectivity index (χ4n) is 6.05. The average molecular weight is 712 g/mol. The van der Waals surface area contributed by atoms with Crippen molar-refractivity contribution in [3.63, 3.8) is 0 Å². The maximum Gasteiger partial charge on any atom is 0.326 e. The highest BCUT2D eigenvalue weighted by Crippen LogP contribution is 2.30. The number of hydrogen-bond acceptors (Lipinski definition) is 7. The Morgan fingerprint density at radius 1 is 0.804 bits per heavy atom. The summed E-state index contributed by atoms with van der Waals surface area (Å²) in [5.41, 5.74) is 0.711. The number of carbonyl (C=O) groups is 6. The van der Waals surface area contributed by atoms with Gasteiger partial charge in [0.05, 0.1) is 0 Å². The number of hydrogen-bond donors (Lipinski definition) is 8. The summed E-state index contributed by atoms with van der Waals surface area (Å²) in [7, 11) is 0. The van der Waals surface area contributed by atoms with Gasteiger partial charge in [0.2, 0.25) is 11.8 Å². The summed E-state index contributed by atoms with van der Waals surface area (Å²) in [5.74, 6) is -4.27. The third kappa shape index (κ3) is 13.5. The quantitative estimate of drug-likeness (QED) is 0.0924. The van der Waals surface area contributed by atoms with Gasteiger partial charge in [0.15, 0.2) is 0 Å². The van der Waals surface area contributed by atoms with Gasteiger partial charge < -0.3 is 41.9 Å². The Morgan fingerprint density at radius 3 is 2.04 bits per heavy atom. The van der Waals surface area contributed by atoms with Gasteiger partial charge in [0.25, 0.3) is 0 Å². The van der Waals surface area contributed by atoms with Crippen molar-refractivity contribution in [3.05, 3.63) is 48.0 Å². The van der Waals surface area contributed by atoms with Crippen molar-refractivity contribution < 1.29 is 44.1 Å². The highest BCUT2D eigenvalue weighted by Gasteiger charge is 2.31. The molecule has 2 aromatic rings. The van der Waals surface area contributed by atoms with Crippen LogP contribution in [0, 0.1) is 11.8 Å². The Bertz CT molecular complexity index is 1520. The number of nitrogens with one attached hydrogen (secondary N) is 5. The van der Waals surface area contributed by atoms with Crippen molar-refractivity contribution >= 4 is 46.5 Å². The first-order chi connectivity index (χ1) is 24.2. The first kappa shape index (κ1) is 40.7. The summed E-state index contributed by atoms with van der Waals surface area (Å²) in [6, 6.07) is 8.54. The van der Waals surface area contributed by atoms with Crippen LogP contribution in [0.15, 0.2) is 42.5 Å². The van der Waals surface area contributed by atoms with Crippen LogP contribution < -0.4 is 26.6 Å². The Balaban J connectivity index is 1.56. The number of carboxylic acids is 3. The molecule has 1 fully saturated rings. The highest BCUT2D eigenvalue weighted by atomic mass is 16.4. The summed E-state index contributed by atoms with van der Waals surface area (Å²) in [4.78, 5) is 73.3. The normalized spacial score (nSPS) is 17.8. The van der Waals surface area contributed by atoms with Crippen LogP contribution in [0.3, 0.4) is 0 Å². The van der Waals surface area contributed by atoms with E-state index in [-0.39, 0.29) is 36.8 Å². The number of rotatable bonds is 20. The highest BCUT2D eigenvalue weighted by molar-refractivity contribution is 5.91. The van der Waals surface area contributed by atoms with Crippen LogP contribution >= 0.6 is 0 Å². The van der Waals surface area contributed by atoms with Crippen molar-refractivity contribution in [1.82, 2.24) is 26.6 Å². The monoisotopic (exact) mass is 711 g/mol. The fourth-order valence-corrected chi connectivity index (χ4v) is 6.05. The largest absolute Gasteiger partial charge is 0.481 e. The minimum absolute atomic E-state index is 0.00946. The van der Waals surface area contributed by atoms with Crippen molar-refractivity contribution in [2.24, 2.45) is 11.8 Å². The van der Waals surface area contributed by atoms with E-state index in [0.29, 0.717) is 24.3 Å². The molecule has 0 radical (unpaired) electrons. The number of urea groups is 1. The van der Waals surface area contributed by atoms with E-state index in [2.05, 4.69) is 47.4 Å². The molecule has 14 nitrogen and oxygen atoms in total. The summed E-state index contributed by atoms with van der Waals surface area (Å²) in [6.07, 6.45) is 4.15. The van der Waals surface area contributed by atoms with Crippen molar-refractivity contribution in [1.29, 1.82) is 0 Å². The molecule has 280 valence electrons. The Hall–Kier alpha value is -4.72. The number of benzene rings is 2. The predicted molar refractivity (Wildman–Crippen MR) is 191 cm³/mol. The molecule has 0 spiro atoms. The Morgan fingerprint density at radius 2 is 1.43 bits per heavy atom. The second kappa shape index (κ2) is 19.6. The molecule has 51 heavy (non-hydrogen) atoms. The summed E-state index contributed by atoms with van der Waals surface area (Å²) in [5, 5.41) is 43.4. The molecule has 0 aliphatic heterocycles. The van der Waals surface area contributed by atoms with Gasteiger partial charge in [0, 0.05) is 24.4 Å². The van der Waals surface area contributed by atoms with Gasteiger partial charge in [-0.1, -0.05) is 43.3 Å². The number of amides is 4. The van der Waals surface area contributed by atoms with E-state index in [9.17, 15) is 39.0 Å². The number of aliphatic carboxylic acids is 3. The first-order valence-corrected chi connectivity index (χ1v) is 17.7. The molecule has 0 heterocycles. The predicted octanol–water partition coefficient (Wildman–Crippen LogP) is 3.94. The van der Waals surface area contributed by atoms with E-state index < -0.39 is 54.4 Å². The molecule has 0 aromatic heterocycles. The summed E-state index contributed by atoms with van der Waals surface area (Å²) >= 11 is 0. The minimum atomic E-state index is -1.50. The van der Waals surface area contributed by atoms with E-state index in [1.54, 1.807) is 0 Å². The second-order valence-electron chi connectivity index (χ2n) is 14.0. The molecule has 3 atom stereocenters. The van der Waals surface area contributed by atoms with Gasteiger partial charge in [-0.2, -0.15) is 0 Å². The molecule has 0 unspecified atom stereocenters. The molecule has 0 saturated heterocycles. The van der Waals surface area contributed by atoms with Crippen LogP contribution in [0.25, 0.3) is 10.8 Å². The van der Waals surface area contributed by atoms with E-state index in [1.165, 1.54) is 0 Å². The van der Waals surface area contributed by atoms with Crippen LogP contribution in [0.2, 0.25) is 0 Å². The third-order valence-electron chi connectivity index (χ3n) is 9.70. The third-order valence-corrected chi connectivity index (χ3v) is 9.70. The molecule has 1 saturated carbocycles. The Kier molecular flexibility index (Phi) is 15.7. The number of carbonyl (C=O) groups excluding carboxylic acids is 3. The molecular weight excluding hydrogens is 658 g/mol. The zero-order valence-corrected chi connectivity index (χ0v) is 29.7. The molecule has 1 aliphatic carbocycles. The van der Waals surface area contributed by atoms with Crippen molar-refractivity contribution in [2.75, 3.05) is 13.1 Å². The molecular formula is C37H53N5O9. The van der Waals surface area contributed by atoms with E-state index in [1.807, 2.05) is 42.5 Å². The van der Waals surface area contributed by atoms with Gasteiger partial charge in [-0.25, -0.2) is 14.4 Å². The lowest BCUT2D eigenvalue weighted by Crippen LogP contribution is -2.51. The molecule has 1 aliphatic rings. The first-order valence-electron chi connectivity index (χ1n) is 17.7. The van der Waals surface area contributed by atoms with Gasteiger partial charge >= 0.3 is 23.9 Å². The number of fused-ring (bicyclic) bond motifs is 1. The van der Waals surface area contributed by atoms with Crippen LogP contribution in [-0.2, 0) is 24.0 Å². The topological polar surface area (TPSA) is 223 Å². The maximum atomic E-state index is 13.6. The standard InChI is InChI=1S/C37H53N5O9/c1-4-37(2,3)39-22-23-12-14-25(15-13-23)32(45)42-31(27-17-16-24-9-5-6-10-26(24)21-27)33(46)38-20-8-7-11-28(34(47)48)40-36(51)41-29(35(49)50)18-19-30(43)44/h5-6,9-10,16-17,21,23,25,28-29,31,39H,4,7-8,11-15,18-20,22H2,1-3H3,(H,38,46)(H,42,45)(H,43,44)(H,47,48)(H,49,50)(H2,40,41,51)/t23?,25?,28-,29-,31-/m0/s1. The molecule has 4 amide bonds. The van der Waals surface area contributed by atoms with Crippen molar-refractivity contribution in [2.45, 2.75) is 109 Å². The van der Waals surface area contributed by atoms with Crippen molar-refractivity contribution in [3.8, 4) is 0 Å². The fraction of sp³-hybridized carbons (Fsp3) is 0.568. The smallest absolute Gasteiger partial charge is 0.326 e. The zero-order chi connectivity index (χ0) is 37.6. The van der Waals surface area contributed by atoms with Gasteiger partial charge in [0.1, 0.15) is 18.1 Å². The maximum absolute atomic E-state index is 13.6. The lowest BCUT2D eigenvalue weighted by molar-refractivity contribution is -0.141. The SMILES string of the molecule is CCC(C)(C)NCC1CCC(C(=O)N[C@H](C(=O)NCCCC[C@H](NC(=O)N[C@@H](CCC(=O)O)C(=O)O)C(=O)O)c2ccc3ccccc3c2)CC1. The number of unbranched alkanes of at least 4 members (excludes halogenated alkanes) is 1. The lowest BCUT2D eigenvalue weighted by atomic mass is 9.81. The Labute approximate surface area is 298 Å². The van der Waals surface area contributed by atoms with Gasteiger partial charge in [-0.15, -0.1) is 0 Å². The van der Waals surface area contributed by atoms with E-state index in [0.717, 1.165) is 49.4 Å². The minimum Gasteiger partial charge on any atom is -0.481 e. The van der Waals surface area contributed by atoms with E-state index in [4.69, 9.17) is 5.11 Å². The second-order valence-corrected chi connectivity index (χ2v) is 14.0. The average Bonchev–Trinajstić information content (AvgIpc) is 3.10. The number of carboxylic acid groups (broad SMARTS) is 3. The van der Waals surface area contributed by atoms with E-state index >= 15 is 0 Å². The summed E-state index contributed by atoms with van der Waals surface area (Å²) in [6.45, 7) is 7.62.